The maximum atomic E-state index is 12.2. The molecule has 2 heterocycles. The number of benzene rings is 1. The van der Waals surface area contributed by atoms with Crippen LogP contribution in [0.1, 0.15) is 27.9 Å². The van der Waals surface area contributed by atoms with E-state index >= 15 is 0 Å². The van der Waals surface area contributed by atoms with E-state index in [9.17, 15) is 9.90 Å². The second-order valence-electron chi connectivity index (χ2n) is 5.33. The molecule has 7 heteroatoms. The summed E-state index contributed by atoms with van der Waals surface area (Å²) in [6.07, 6.45) is 2.09. The molecule has 4 nitrogen and oxygen atoms in total. The van der Waals surface area contributed by atoms with Gasteiger partial charge >= 0.3 is 0 Å². The summed E-state index contributed by atoms with van der Waals surface area (Å²) in [6.45, 7) is 2.45. The van der Waals surface area contributed by atoms with E-state index in [1.807, 2.05) is 12.3 Å². The molecule has 1 atom stereocenters. The minimum atomic E-state index is -1.19. The lowest BCUT2D eigenvalue weighted by molar-refractivity contribution is 0.218. The van der Waals surface area contributed by atoms with E-state index in [0.29, 0.717) is 22.2 Å². The first kappa shape index (κ1) is 17.2. The Morgan fingerprint density at radius 2 is 2.00 bits per heavy atom. The molecule has 1 aromatic carbocycles. The van der Waals surface area contributed by atoms with Crippen LogP contribution in [-0.4, -0.2) is 14.7 Å². The zero-order valence-corrected chi connectivity index (χ0v) is 15.1. The zero-order chi connectivity index (χ0) is 17.3. The number of thiazole rings is 1. The van der Waals surface area contributed by atoms with Crippen LogP contribution in [0.4, 0.5) is 0 Å². The second kappa shape index (κ2) is 7.07. The Balaban J connectivity index is 1.98. The minimum absolute atomic E-state index is 0.222. The number of rotatable bonds is 4. The topological polar surface area (TPSA) is 55.1 Å². The van der Waals surface area contributed by atoms with Gasteiger partial charge in [0.15, 0.2) is 5.43 Å². The van der Waals surface area contributed by atoms with Gasteiger partial charge in [0.1, 0.15) is 6.10 Å². The minimum Gasteiger partial charge on any atom is -0.383 e. The Kier molecular flexibility index (Phi) is 5.06. The van der Waals surface area contributed by atoms with Crippen LogP contribution in [0.5, 0.6) is 0 Å². The Hall–Kier alpha value is -1.66. The van der Waals surface area contributed by atoms with Gasteiger partial charge in [-0.1, -0.05) is 29.3 Å². The molecule has 0 aliphatic carbocycles. The van der Waals surface area contributed by atoms with Crippen LogP contribution in [0.25, 0.3) is 0 Å². The molecule has 24 heavy (non-hydrogen) atoms. The molecule has 0 radical (unpaired) electrons. The predicted molar refractivity (Wildman–Crippen MR) is 97.2 cm³/mol. The van der Waals surface area contributed by atoms with Crippen molar-refractivity contribution in [2.75, 3.05) is 0 Å². The standard InChI is InChI=1S/C17H14Cl2N2O2S/c1-10-20-11(9-24-10)7-21-6-5-15(22)12(8-21)17(23)16-13(18)3-2-4-14(16)19/h2-6,8-9,17,23H,7H2,1H3. The highest BCUT2D eigenvalue weighted by Crippen LogP contribution is 2.32. The Morgan fingerprint density at radius 3 is 2.62 bits per heavy atom. The van der Waals surface area contributed by atoms with Gasteiger partial charge in [-0.3, -0.25) is 4.79 Å². The van der Waals surface area contributed by atoms with Crippen LogP contribution in [-0.2, 0) is 6.54 Å². The van der Waals surface area contributed by atoms with Crippen molar-refractivity contribution in [3.63, 3.8) is 0 Å². The number of aryl methyl sites for hydroxylation is 1. The highest BCUT2D eigenvalue weighted by molar-refractivity contribution is 7.09. The van der Waals surface area contributed by atoms with Crippen LogP contribution in [0.3, 0.4) is 0 Å². The number of aromatic nitrogens is 2. The van der Waals surface area contributed by atoms with Crippen molar-refractivity contribution in [2.24, 2.45) is 0 Å². The van der Waals surface area contributed by atoms with Crippen molar-refractivity contribution < 1.29 is 5.11 Å². The van der Waals surface area contributed by atoms with E-state index in [1.54, 1.807) is 46.5 Å². The average Bonchev–Trinajstić information content (AvgIpc) is 2.94. The summed E-state index contributed by atoms with van der Waals surface area (Å²) in [5.41, 5.74) is 1.18. The summed E-state index contributed by atoms with van der Waals surface area (Å²) in [5, 5.41) is 14.2. The molecule has 0 aliphatic rings. The van der Waals surface area contributed by atoms with Crippen molar-refractivity contribution in [1.29, 1.82) is 0 Å². The lowest BCUT2D eigenvalue weighted by atomic mass is 10.0. The highest BCUT2D eigenvalue weighted by Gasteiger charge is 2.20. The van der Waals surface area contributed by atoms with Crippen LogP contribution in [0, 0.1) is 6.92 Å². The maximum Gasteiger partial charge on any atom is 0.187 e. The molecule has 0 saturated carbocycles. The lowest BCUT2D eigenvalue weighted by Crippen LogP contribution is -2.17. The Bertz CT molecular complexity index is 916. The van der Waals surface area contributed by atoms with E-state index in [1.165, 1.54) is 6.07 Å². The van der Waals surface area contributed by atoms with Gasteiger partial charge in [-0.25, -0.2) is 4.98 Å². The summed E-state index contributed by atoms with van der Waals surface area (Å²) in [4.78, 5) is 16.6. The van der Waals surface area contributed by atoms with Crippen LogP contribution < -0.4 is 5.43 Å². The second-order valence-corrected chi connectivity index (χ2v) is 7.21. The molecule has 0 saturated heterocycles. The number of hydrogen-bond donors (Lipinski definition) is 1. The van der Waals surface area contributed by atoms with E-state index in [-0.39, 0.29) is 11.0 Å². The lowest BCUT2D eigenvalue weighted by Gasteiger charge is -2.15. The smallest absolute Gasteiger partial charge is 0.187 e. The van der Waals surface area contributed by atoms with E-state index in [0.717, 1.165) is 10.7 Å². The monoisotopic (exact) mass is 380 g/mol. The highest BCUT2D eigenvalue weighted by atomic mass is 35.5. The van der Waals surface area contributed by atoms with Crippen molar-refractivity contribution in [2.45, 2.75) is 19.6 Å². The van der Waals surface area contributed by atoms with E-state index in [2.05, 4.69) is 4.98 Å². The van der Waals surface area contributed by atoms with Crippen LogP contribution in [0.2, 0.25) is 10.0 Å². The first-order chi connectivity index (χ1) is 11.5. The molecule has 0 fully saturated rings. The quantitative estimate of drug-likeness (QED) is 0.742. The van der Waals surface area contributed by atoms with Crippen molar-refractivity contribution in [3.8, 4) is 0 Å². The number of pyridine rings is 1. The first-order valence-electron chi connectivity index (χ1n) is 7.18. The molecule has 124 valence electrons. The van der Waals surface area contributed by atoms with Gasteiger partial charge in [0.05, 0.1) is 17.2 Å². The van der Waals surface area contributed by atoms with Crippen molar-refractivity contribution in [1.82, 2.24) is 9.55 Å². The number of aliphatic hydroxyl groups is 1. The van der Waals surface area contributed by atoms with Gasteiger partial charge in [-0.2, -0.15) is 0 Å². The van der Waals surface area contributed by atoms with Gasteiger partial charge in [0.25, 0.3) is 0 Å². The van der Waals surface area contributed by atoms with Crippen LogP contribution in [0.15, 0.2) is 46.8 Å². The summed E-state index contributed by atoms with van der Waals surface area (Å²) in [5.74, 6) is 0. The average molecular weight is 381 g/mol. The molecule has 3 aromatic rings. The predicted octanol–water partition coefficient (Wildman–Crippen LogP) is 4.05. The number of halogens is 2. The summed E-state index contributed by atoms with van der Waals surface area (Å²) < 4.78 is 1.80. The molecule has 2 aromatic heterocycles. The molecule has 1 N–H and O–H groups in total. The van der Waals surface area contributed by atoms with Crippen LogP contribution >= 0.6 is 34.5 Å². The van der Waals surface area contributed by atoms with E-state index < -0.39 is 6.10 Å². The van der Waals surface area contributed by atoms with Crippen molar-refractivity contribution in [3.05, 3.63) is 84.1 Å². The third-order valence-electron chi connectivity index (χ3n) is 3.59. The van der Waals surface area contributed by atoms with Gasteiger partial charge in [0.2, 0.25) is 0 Å². The van der Waals surface area contributed by atoms with Gasteiger partial charge in [0, 0.05) is 45.0 Å². The SMILES string of the molecule is Cc1nc(Cn2ccc(=O)c(C(O)c3c(Cl)cccc3Cl)c2)cs1. The van der Waals surface area contributed by atoms with Gasteiger partial charge in [-0.15, -0.1) is 11.3 Å². The molecular weight excluding hydrogens is 367 g/mol. The molecular formula is C17H14Cl2N2O2S. The van der Waals surface area contributed by atoms with Gasteiger partial charge in [-0.05, 0) is 19.1 Å². The summed E-state index contributed by atoms with van der Waals surface area (Å²) in [6, 6.07) is 6.37. The fourth-order valence-corrected chi connectivity index (χ4v) is 3.65. The fraction of sp³-hybridized carbons (Fsp3) is 0.176. The molecule has 0 aliphatic heterocycles. The molecule has 0 bridgehead atoms. The number of nitrogens with zero attached hydrogens (tertiary/aromatic N) is 2. The maximum absolute atomic E-state index is 12.2. The zero-order valence-electron chi connectivity index (χ0n) is 12.7. The largest absolute Gasteiger partial charge is 0.383 e. The summed E-state index contributed by atoms with van der Waals surface area (Å²) >= 11 is 13.8. The Labute approximate surface area is 152 Å². The van der Waals surface area contributed by atoms with Gasteiger partial charge < -0.3 is 9.67 Å². The fourth-order valence-electron chi connectivity index (χ4n) is 2.44. The molecule has 0 spiro atoms. The Morgan fingerprint density at radius 1 is 1.29 bits per heavy atom. The number of hydrogen-bond acceptors (Lipinski definition) is 4. The molecule has 3 rings (SSSR count). The first-order valence-corrected chi connectivity index (χ1v) is 8.82. The third kappa shape index (κ3) is 3.54. The normalized spacial score (nSPS) is 12.3. The third-order valence-corrected chi connectivity index (χ3v) is 5.07. The summed E-state index contributed by atoms with van der Waals surface area (Å²) in [7, 11) is 0. The molecule has 1 unspecified atom stereocenters. The number of aliphatic hydroxyl groups excluding tert-OH is 1. The van der Waals surface area contributed by atoms with Crippen molar-refractivity contribution >= 4 is 34.5 Å². The van der Waals surface area contributed by atoms with E-state index in [4.69, 9.17) is 23.2 Å². The molecule has 0 amide bonds.